The van der Waals surface area contributed by atoms with Crippen LogP contribution in [0.2, 0.25) is 0 Å². The Bertz CT molecular complexity index is 364. The minimum atomic E-state index is -0.233. The average Bonchev–Trinajstić information content (AvgIpc) is 2.39. The van der Waals surface area contributed by atoms with Crippen LogP contribution in [-0.4, -0.2) is 34.2 Å². The van der Waals surface area contributed by atoms with Gasteiger partial charge < -0.3 is 19.5 Å². The summed E-state index contributed by atoms with van der Waals surface area (Å²) in [7, 11) is 4.95. The molecule has 1 rings (SSSR count). The van der Waals surface area contributed by atoms with Gasteiger partial charge in [0.05, 0.1) is 7.11 Å². The molecule has 1 aromatic rings. The van der Waals surface area contributed by atoms with E-state index >= 15 is 0 Å². The highest BCUT2D eigenvalue weighted by atomic mass is 16.7. The van der Waals surface area contributed by atoms with E-state index in [-0.39, 0.29) is 12.3 Å². The normalized spacial score (nSPS) is 12.8. The van der Waals surface area contributed by atoms with E-state index in [4.69, 9.17) is 14.2 Å². The van der Waals surface area contributed by atoms with Crippen molar-refractivity contribution in [3.05, 3.63) is 29.3 Å². The van der Waals surface area contributed by atoms with Gasteiger partial charge in [0.2, 0.25) is 0 Å². The van der Waals surface area contributed by atoms with Crippen molar-refractivity contribution in [3.63, 3.8) is 0 Å². The van der Waals surface area contributed by atoms with Crippen molar-refractivity contribution in [3.8, 4) is 5.75 Å². The number of methoxy groups -OCH3 is 3. The molecule has 1 aromatic carbocycles. The number of rotatable bonds is 7. The van der Waals surface area contributed by atoms with Gasteiger partial charge in [-0.3, -0.25) is 0 Å². The lowest BCUT2D eigenvalue weighted by atomic mass is 10.0. The summed E-state index contributed by atoms with van der Waals surface area (Å²) in [5, 5.41) is 3.37. The van der Waals surface area contributed by atoms with E-state index in [1.165, 1.54) is 5.56 Å². The van der Waals surface area contributed by atoms with Crippen molar-refractivity contribution in [2.45, 2.75) is 26.2 Å². The fourth-order valence-corrected chi connectivity index (χ4v) is 1.84. The van der Waals surface area contributed by atoms with Gasteiger partial charge in [0.25, 0.3) is 0 Å². The first kappa shape index (κ1) is 15.0. The predicted octanol–water partition coefficient (Wildman–Crippen LogP) is 2.27. The van der Waals surface area contributed by atoms with E-state index in [1.807, 2.05) is 12.1 Å². The Balaban J connectivity index is 2.71. The molecule has 0 amide bonds. The zero-order valence-electron chi connectivity index (χ0n) is 11.8. The molecular formula is C14H23NO3. The summed E-state index contributed by atoms with van der Waals surface area (Å²) in [6.07, 6.45) is -0.233. The molecular weight excluding hydrogens is 230 g/mol. The maximum atomic E-state index is 5.38. The van der Waals surface area contributed by atoms with Crippen LogP contribution in [0.15, 0.2) is 18.2 Å². The largest absolute Gasteiger partial charge is 0.496 e. The quantitative estimate of drug-likeness (QED) is 0.757. The molecule has 102 valence electrons. The summed E-state index contributed by atoms with van der Waals surface area (Å²) >= 11 is 0. The Kier molecular flexibility index (Phi) is 6.12. The maximum absolute atomic E-state index is 5.38. The summed E-state index contributed by atoms with van der Waals surface area (Å²) in [5.41, 5.74) is 2.36. The van der Waals surface area contributed by atoms with E-state index in [1.54, 1.807) is 21.3 Å². The van der Waals surface area contributed by atoms with Crippen molar-refractivity contribution in [1.82, 2.24) is 5.32 Å². The van der Waals surface area contributed by atoms with Crippen molar-refractivity contribution < 1.29 is 14.2 Å². The lowest BCUT2D eigenvalue weighted by Gasteiger charge is -2.21. The fraction of sp³-hybridized carbons (Fsp3) is 0.571. The summed E-state index contributed by atoms with van der Waals surface area (Å²) in [5.74, 6) is 0.895. The van der Waals surface area contributed by atoms with Crippen molar-refractivity contribution in [1.29, 1.82) is 0 Å². The highest BCUT2D eigenvalue weighted by molar-refractivity contribution is 5.38. The van der Waals surface area contributed by atoms with E-state index in [0.717, 1.165) is 11.3 Å². The van der Waals surface area contributed by atoms with Crippen LogP contribution in [0.25, 0.3) is 0 Å². The number of hydrogen-bond acceptors (Lipinski definition) is 4. The number of ether oxygens (including phenoxy) is 3. The van der Waals surface area contributed by atoms with E-state index in [0.29, 0.717) is 6.54 Å². The average molecular weight is 253 g/mol. The molecule has 1 unspecified atom stereocenters. The van der Waals surface area contributed by atoms with Crippen LogP contribution in [0.3, 0.4) is 0 Å². The van der Waals surface area contributed by atoms with Crippen LogP contribution in [0.4, 0.5) is 0 Å². The third-order valence-corrected chi connectivity index (χ3v) is 2.97. The van der Waals surface area contributed by atoms with Gasteiger partial charge in [-0.2, -0.15) is 0 Å². The van der Waals surface area contributed by atoms with Crippen LogP contribution >= 0.6 is 0 Å². The van der Waals surface area contributed by atoms with Gasteiger partial charge in [0, 0.05) is 32.4 Å². The fourth-order valence-electron chi connectivity index (χ4n) is 1.84. The minimum absolute atomic E-state index is 0.174. The first-order chi connectivity index (χ1) is 8.62. The van der Waals surface area contributed by atoms with Gasteiger partial charge in [-0.25, -0.2) is 0 Å². The monoisotopic (exact) mass is 253 g/mol. The molecule has 0 aliphatic heterocycles. The van der Waals surface area contributed by atoms with Crippen LogP contribution in [-0.2, 0) is 9.47 Å². The second-order valence-electron chi connectivity index (χ2n) is 4.28. The number of aryl methyl sites for hydroxylation is 1. The Hall–Kier alpha value is -1.10. The number of hydrogen-bond donors (Lipinski definition) is 1. The molecule has 18 heavy (non-hydrogen) atoms. The Morgan fingerprint density at radius 1 is 1.17 bits per heavy atom. The molecule has 0 heterocycles. The van der Waals surface area contributed by atoms with E-state index in [2.05, 4.69) is 25.2 Å². The molecule has 0 radical (unpaired) electrons. The lowest BCUT2D eigenvalue weighted by molar-refractivity contribution is -0.0997. The number of nitrogens with one attached hydrogen (secondary N) is 1. The number of benzene rings is 1. The molecule has 0 fully saturated rings. The second-order valence-corrected chi connectivity index (χ2v) is 4.28. The first-order valence-corrected chi connectivity index (χ1v) is 6.05. The SMILES string of the molecule is COc1ccc(C)cc1C(C)NCC(OC)OC. The minimum Gasteiger partial charge on any atom is -0.496 e. The van der Waals surface area contributed by atoms with Gasteiger partial charge in [-0.05, 0) is 19.9 Å². The molecule has 0 aliphatic carbocycles. The highest BCUT2D eigenvalue weighted by Gasteiger charge is 2.13. The van der Waals surface area contributed by atoms with Crippen LogP contribution in [0, 0.1) is 6.92 Å². The second kappa shape index (κ2) is 7.36. The molecule has 1 N–H and O–H groups in total. The molecule has 4 heteroatoms. The lowest BCUT2D eigenvalue weighted by Crippen LogP contribution is -2.31. The molecule has 0 aromatic heterocycles. The van der Waals surface area contributed by atoms with Crippen LogP contribution < -0.4 is 10.1 Å². The molecule has 0 spiro atoms. The van der Waals surface area contributed by atoms with Gasteiger partial charge in [-0.15, -0.1) is 0 Å². The zero-order chi connectivity index (χ0) is 13.5. The predicted molar refractivity (Wildman–Crippen MR) is 72.0 cm³/mol. The maximum Gasteiger partial charge on any atom is 0.169 e. The summed E-state index contributed by atoms with van der Waals surface area (Å²) in [6.45, 7) is 4.80. The van der Waals surface area contributed by atoms with E-state index in [9.17, 15) is 0 Å². The van der Waals surface area contributed by atoms with Gasteiger partial charge in [-0.1, -0.05) is 17.7 Å². The van der Waals surface area contributed by atoms with Gasteiger partial charge in [0.15, 0.2) is 6.29 Å². The van der Waals surface area contributed by atoms with Gasteiger partial charge in [0.1, 0.15) is 5.75 Å². The Morgan fingerprint density at radius 2 is 1.83 bits per heavy atom. The summed E-state index contributed by atoms with van der Waals surface area (Å²) in [6, 6.07) is 6.34. The standard InChI is InChI=1S/C14H23NO3/c1-10-6-7-13(16-3)12(8-10)11(2)15-9-14(17-4)18-5/h6-8,11,14-15H,9H2,1-5H3. The molecule has 0 saturated heterocycles. The molecule has 1 atom stereocenters. The molecule has 0 bridgehead atoms. The molecule has 0 saturated carbocycles. The highest BCUT2D eigenvalue weighted by Crippen LogP contribution is 2.25. The Morgan fingerprint density at radius 3 is 2.39 bits per heavy atom. The van der Waals surface area contributed by atoms with Crippen LogP contribution in [0.5, 0.6) is 5.75 Å². The third kappa shape index (κ3) is 3.98. The smallest absolute Gasteiger partial charge is 0.169 e. The van der Waals surface area contributed by atoms with Crippen molar-refractivity contribution >= 4 is 0 Å². The summed E-state index contributed by atoms with van der Waals surface area (Å²) in [4.78, 5) is 0. The third-order valence-electron chi connectivity index (χ3n) is 2.97. The molecule has 4 nitrogen and oxygen atoms in total. The topological polar surface area (TPSA) is 39.7 Å². The van der Waals surface area contributed by atoms with Gasteiger partial charge >= 0.3 is 0 Å². The Labute approximate surface area is 109 Å². The van der Waals surface area contributed by atoms with Crippen molar-refractivity contribution in [2.24, 2.45) is 0 Å². The summed E-state index contributed by atoms with van der Waals surface area (Å²) < 4.78 is 15.7. The van der Waals surface area contributed by atoms with Crippen molar-refractivity contribution in [2.75, 3.05) is 27.9 Å². The first-order valence-electron chi connectivity index (χ1n) is 6.05. The van der Waals surface area contributed by atoms with E-state index < -0.39 is 0 Å². The zero-order valence-corrected chi connectivity index (χ0v) is 11.8. The molecule has 0 aliphatic rings. The van der Waals surface area contributed by atoms with Crippen LogP contribution in [0.1, 0.15) is 24.1 Å².